The van der Waals surface area contributed by atoms with Gasteiger partial charge in [0.25, 0.3) is 5.78 Å². The molecule has 9 heteroatoms. The number of rotatable bonds is 4. The van der Waals surface area contributed by atoms with Gasteiger partial charge < -0.3 is 9.64 Å². The minimum Gasteiger partial charge on any atom is -0.378 e. The van der Waals surface area contributed by atoms with Crippen molar-refractivity contribution in [2.75, 3.05) is 31.2 Å². The third-order valence-electron chi connectivity index (χ3n) is 5.48. The van der Waals surface area contributed by atoms with Crippen molar-refractivity contribution in [2.45, 2.75) is 0 Å². The summed E-state index contributed by atoms with van der Waals surface area (Å²) >= 11 is 0. The van der Waals surface area contributed by atoms with Crippen LogP contribution in [0.25, 0.3) is 34.2 Å². The molecule has 5 heterocycles. The van der Waals surface area contributed by atoms with E-state index in [4.69, 9.17) is 19.8 Å². The Labute approximate surface area is 184 Å². The zero-order valence-electron chi connectivity index (χ0n) is 17.2. The number of anilines is 1. The largest absolute Gasteiger partial charge is 0.378 e. The molecule has 5 aromatic rings. The maximum Gasteiger partial charge on any atom is 0.256 e. The van der Waals surface area contributed by atoms with Gasteiger partial charge in [-0.1, -0.05) is 30.3 Å². The molecule has 1 saturated heterocycles. The van der Waals surface area contributed by atoms with Gasteiger partial charge in [-0.3, -0.25) is 4.98 Å². The summed E-state index contributed by atoms with van der Waals surface area (Å²) in [5, 5.41) is 9.33. The topological polar surface area (TPSA) is 86.3 Å². The lowest BCUT2D eigenvalue weighted by molar-refractivity contribution is 0.122. The van der Waals surface area contributed by atoms with E-state index in [1.807, 2.05) is 47.1 Å². The highest BCUT2D eigenvalue weighted by Crippen LogP contribution is 2.26. The average Bonchev–Trinajstić information content (AvgIpc) is 3.53. The minimum atomic E-state index is 0.519. The summed E-state index contributed by atoms with van der Waals surface area (Å²) < 4.78 is 9.21. The monoisotopic (exact) mass is 424 g/mol. The Kier molecular flexibility index (Phi) is 4.58. The van der Waals surface area contributed by atoms with Crippen LogP contribution >= 0.6 is 0 Å². The van der Waals surface area contributed by atoms with Gasteiger partial charge in [-0.05, 0) is 18.2 Å². The van der Waals surface area contributed by atoms with Gasteiger partial charge in [0, 0.05) is 42.7 Å². The van der Waals surface area contributed by atoms with Gasteiger partial charge in [-0.2, -0.15) is 19.6 Å². The van der Waals surface area contributed by atoms with E-state index in [1.165, 1.54) is 0 Å². The van der Waals surface area contributed by atoms with Crippen LogP contribution in [0.2, 0.25) is 0 Å². The maximum absolute atomic E-state index is 5.56. The lowest BCUT2D eigenvalue weighted by Crippen LogP contribution is -2.37. The first-order valence-corrected chi connectivity index (χ1v) is 10.5. The Morgan fingerprint density at radius 3 is 2.44 bits per heavy atom. The molecule has 0 aliphatic carbocycles. The first-order chi connectivity index (χ1) is 15.9. The van der Waals surface area contributed by atoms with Crippen molar-refractivity contribution < 1.29 is 4.74 Å². The van der Waals surface area contributed by atoms with E-state index < -0.39 is 0 Å². The molecule has 1 fully saturated rings. The molecular weight excluding hydrogens is 404 g/mol. The molecule has 1 aliphatic heterocycles. The summed E-state index contributed by atoms with van der Waals surface area (Å²) in [5.74, 6) is 2.73. The van der Waals surface area contributed by atoms with E-state index in [0.717, 1.165) is 35.7 Å². The van der Waals surface area contributed by atoms with Crippen molar-refractivity contribution in [1.82, 2.24) is 34.3 Å². The lowest BCUT2D eigenvalue weighted by atomic mass is 10.1. The highest BCUT2D eigenvalue weighted by Gasteiger charge is 2.21. The first-order valence-electron chi connectivity index (χ1n) is 10.5. The molecule has 1 aliphatic rings. The second-order valence-corrected chi connectivity index (χ2v) is 7.45. The van der Waals surface area contributed by atoms with Crippen molar-refractivity contribution >= 4 is 11.6 Å². The molecule has 0 N–H and O–H groups in total. The van der Waals surface area contributed by atoms with Gasteiger partial charge in [0.15, 0.2) is 11.6 Å². The average molecular weight is 424 g/mol. The molecule has 1 aromatic carbocycles. The van der Waals surface area contributed by atoms with Crippen molar-refractivity contribution in [1.29, 1.82) is 0 Å². The highest BCUT2D eigenvalue weighted by atomic mass is 16.5. The predicted octanol–water partition coefficient (Wildman–Crippen LogP) is 2.88. The molecule has 6 rings (SSSR count). The summed E-state index contributed by atoms with van der Waals surface area (Å²) in [6.45, 7) is 2.88. The molecule has 0 unspecified atom stereocenters. The molecule has 0 amide bonds. The molecular formula is C23H20N8O. The molecule has 0 bridgehead atoms. The fraction of sp³-hybridized carbons (Fsp3) is 0.174. The fourth-order valence-electron chi connectivity index (χ4n) is 3.90. The van der Waals surface area contributed by atoms with Crippen LogP contribution in [0.1, 0.15) is 0 Å². The van der Waals surface area contributed by atoms with Crippen molar-refractivity contribution in [3.63, 3.8) is 0 Å². The van der Waals surface area contributed by atoms with Crippen molar-refractivity contribution in [3.05, 3.63) is 73.2 Å². The van der Waals surface area contributed by atoms with Crippen LogP contribution in [0.3, 0.4) is 0 Å². The SMILES string of the molecule is c1ccc(-c2ccnn2-c2cc(N3CCOCC3)n3nc(-c4ccncc4)nc3n2)cc1. The van der Waals surface area contributed by atoms with Crippen LogP contribution in [0.4, 0.5) is 5.82 Å². The van der Waals surface area contributed by atoms with Crippen LogP contribution in [0, 0.1) is 0 Å². The third-order valence-corrected chi connectivity index (χ3v) is 5.48. The van der Waals surface area contributed by atoms with Crippen LogP contribution in [-0.2, 0) is 4.74 Å². The van der Waals surface area contributed by atoms with Crippen molar-refractivity contribution in [2.24, 2.45) is 0 Å². The summed E-state index contributed by atoms with van der Waals surface area (Å²) in [7, 11) is 0. The molecule has 158 valence electrons. The summed E-state index contributed by atoms with van der Waals surface area (Å²) in [4.78, 5) is 15.9. The zero-order chi connectivity index (χ0) is 21.3. The maximum atomic E-state index is 5.56. The van der Waals surface area contributed by atoms with Gasteiger partial charge in [-0.25, -0.2) is 4.68 Å². The predicted molar refractivity (Wildman–Crippen MR) is 120 cm³/mol. The molecule has 4 aromatic heterocycles. The van der Waals surface area contributed by atoms with Crippen molar-refractivity contribution in [3.8, 4) is 28.5 Å². The smallest absolute Gasteiger partial charge is 0.256 e. The normalized spacial score (nSPS) is 14.2. The number of aromatic nitrogens is 7. The van der Waals surface area contributed by atoms with Gasteiger partial charge in [0.2, 0.25) is 0 Å². The number of hydrogen-bond acceptors (Lipinski definition) is 7. The summed E-state index contributed by atoms with van der Waals surface area (Å²) in [6.07, 6.45) is 5.26. The van der Waals surface area contributed by atoms with Crippen LogP contribution < -0.4 is 4.90 Å². The zero-order valence-corrected chi connectivity index (χ0v) is 17.2. The number of fused-ring (bicyclic) bond motifs is 1. The van der Waals surface area contributed by atoms with Crippen LogP contribution in [0.5, 0.6) is 0 Å². The van der Waals surface area contributed by atoms with Gasteiger partial charge >= 0.3 is 0 Å². The van der Waals surface area contributed by atoms with E-state index in [2.05, 4.69) is 27.1 Å². The second kappa shape index (κ2) is 7.86. The molecule has 32 heavy (non-hydrogen) atoms. The first kappa shape index (κ1) is 18.6. The minimum absolute atomic E-state index is 0.519. The van der Waals surface area contributed by atoms with Gasteiger partial charge in [-0.15, -0.1) is 5.10 Å². The molecule has 0 radical (unpaired) electrons. The van der Waals surface area contributed by atoms with E-state index in [1.54, 1.807) is 23.1 Å². The Hall–Kier alpha value is -4.11. The van der Waals surface area contributed by atoms with Gasteiger partial charge in [0.05, 0.1) is 25.1 Å². The number of morpholine rings is 1. The number of pyridine rings is 1. The fourth-order valence-corrected chi connectivity index (χ4v) is 3.90. The van der Waals surface area contributed by atoms with Gasteiger partial charge in [0.1, 0.15) is 5.82 Å². The standard InChI is InChI=1S/C23H20N8O/c1-2-4-17(5-3-1)19-8-11-25-30(19)20-16-21(29-12-14-32-15-13-29)31-23(26-20)27-22(28-31)18-6-9-24-10-7-18/h1-11,16H,12-15H2. The van der Waals surface area contributed by atoms with E-state index in [9.17, 15) is 0 Å². The quantitative estimate of drug-likeness (QED) is 0.438. The van der Waals surface area contributed by atoms with E-state index in [-0.39, 0.29) is 0 Å². The second-order valence-electron chi connectivity index (χ2n) is 7.45. The third kappa shape index (κ3) is 3.28. The molecule has 9 nitrogen and oxygen atoms in total. The Bertz CT molecular complexity index is 1360. The molecule has 0 saturated carbocycles. The Balaban J connectivity index is 1.53. The van der Waals surface area contributed by atoms with E-state index >= 15 is 0 Å². The summed E-state index contributed by atoms with van der Waals surface area (Å²) in [6, 6.07) is 18.0. The highest BCUT2D eigenvalue weighted by molar-refractivity contribution is 5.64. The Morgan fingerprint density at radius 2 is 1.62 bits per heavy atom. The number of ether oxygens (including phenoxy) is 1. The lowest BCUT2D eigenvalue weighted by Gasteiger charge is -2.28. The molecule has 0 spiro atoms. The van der Waals surface area contributed by atoms with E-state index in [0.29, 0.717) is 30.6 Å². The van der Waals surface area contributed by atoms with Crippen LogP contribution in [-0.4, -0.2) is 60.6 Å². The number of nitrogens with zero attached hydrogens (tertiary/aromatic N) is 8. The number of benzene rings is 1. The molecule has 0 atom stereocenters. The summed E-state index contributed by atoms with van der Waals surface area (Å²) in [5.41, 5.74) is 2.92. The number of hydrogen-bond donors (Lipinski definition) is 0. The Morgan fingerprint density at radius 1 is 0.812 bits per heavy atom. The van der Waals surface area contributed by atoms with Crippen LogP contribution in [0.15, 0.2) is 73.2 Å².